The molecule has 0 fully saturated rings. The smallest absolute Gasteiger partial charge is 0.141 e. The zero-order valence-corrected chi connectivity index (χ0v) is 14.3. The summed E-state index contributed by atoms with van der Waals surface area (Å²) in [5.74, 6) is 2.04. The zero-order chi connectivity index (χ0) is 14.8. The molecule has 0 saturated carbocycles. The fourth-order valence-corrected chi connectivity index (χ4v) is 2.66. The Morgan fingerprint density at radius 1 is 1.15 bits per heavy atom. The molecule has 3 nitrogen and oxygen atoms in total. The Labute approximate surface area is 132 Å². The topological polar surface area (TPSA) is 51.8 Å². The second-order valence-electron chi connectivity index (χ2n) is 5.59. The fourth-order valence-electron chi connectivity index (χ4n) is 1.65. The van der Waals surface area contributed by atoms with Crippen LogP contribution in [0, 0.1) is 0 Å². The lowest BCUT2D eigenvalue weighted by molar-refractivity contribution is 0.564. The molecule has 2 rings (SSSR count). The number of hydrogen-bond donors (Lipinski definition) is 1. The number of nitrogens with zero attached hydrogens (tertiary/aromatic N) is 2. The van der Waals surface area contributed by atoms with E-state index in [1.807, 2.05) is 18.2 Å². The molecule has 106 valence electrons. The van der Waals surface area contributed by atoms with Gasteiger partial charge in [-0.05, 0) is 24.3 Å². The summed E-state index contributed by atoms with van der Waals surface area (Å²) in [6.45, 7) is 6.38. The van der Waals surface area contributed by atoms with Crippen LogP contribution in [0.1, 0.15) is 32.3 Å². The molecule has 0 unspecified atom stereocenters. The van der Waals surface area contributed by atoms with Crippen molar-refractivity contribution in [1.29, 1.82) is 0 Å². The molecule has 1 aromatic carbocycles. The zero-order valence-electron chi connectivity index (χ0n) is 11.9. The van der Waals surface area contributed by atoms with E-state index in [-0.39, 0.29) is 5.41 Å². The van der Waals surface area contributed by atoms with Gasteiger partial charge in [0.1, 0.15) is 11.6 Å². The van der Waals surface area contributed by atoms with Gasteiger partial charge in [-0.25, -0.2) is 9.97 Å². The lowest BCUT2D eigenvalue weighted by Crippen LogP contribution is -2.16. The van der Waals surface area contributed by atoms with Crippen LogP contribution in [0.3, 0.4) is 0 Å². The summed E-state index contributed by atoms with van der Waals surface area (Å²) in [4.78, 5) is 10.1. The van der Waals surface area contributed by atoms with E-state index in [4.69, 9.17) is 5.73 Å². The molecular formula is C15H18BrN3S. The van der Waals surface area contributed by atoms with E-state index >= 15 is 0 Å². The summed E-state index contributed by atoms with van der Waals surface area (Å²) in [5.41, 5.74) is 6.84. The van der Waals surface area contributed by atoms with Crippen molar-refractivity contribution in [3.05, 3.63) is 46.3 Å². The molecular weight excluding hydrogens is 334 g/mol. The van der Waals surface area contributed by atoms with Crippen LogP contribution < -0.4 is 5.73 Å². The molecule has 2 N–H and O–H groups in total. The van der Waals surface area contributed by atoms with Gasteiger partial charge in [-0.15, -0.1) is 11.8 Å². The van der Waals surface area contributed by atoms with E-state index < -0.39 is 0 Å². The van der Waals surface area contributed by atoms with Crippen LogP contribution in [-0.4, -0.2) is 9.97 Å². The summed E-state index contributed by atoms with van der Waals surface area (Å²) < 4.78 is 1.08. The molecule has 0 spiro atoms. The van der Waals surface area contributed by atoms with E-state index in [1.165, 1.54) is 4.90 Å². The maximum absolute atomic E-state index is 5.88. The molecule has 0 amide bonds. The van der Waals surface area contributed by atoms with Crippen molar-refractivity contribution in [1.82, 2.24) is 9.97 Å². The summed E-state index contributed by atoms with van der Waals surface area (Å²) in [6, 6.07) is 10.1. The number of hydrogen-bond acceptors (Lipinski definition) is 4. The van der Waals surface area contributed by atoms with Crippen molar-refractivity contribution in [2.45, 2.75) is 36.8 Å². The van der Waals surface area contributed by atoms with E-state index in [2.05, 4.69) is 58.8 Å². The number of thioether (sulfide) groups is 1. The molecule has 0 atom stereocenters. The van der Waals surface area contributed by atoms with Crippen LogP contribution in [0.4, 0.5) is 5.82 Å². The number of nitrogen functional groups attached to an aromatic ring is 1. The van der Waals surface area contributed by atoms with Gasteiger partial charge in [0.05, 0.1) is 11.4 Å². The first-order chi connectivity index (χ1) is 9.34. The van der Waals surface area contributed by atoms with Gasteiger partial charge in [0.15, 0.2) is 0 Å². The molecule has 0 aliphatic heterocycles. The van der Waals surface area contributed by atoms with Crippen LogP contribution in [0.25, 0.3) is 0 Å². The van der Waals surface area contributed by atoms with Crippen LogP contribution in [-0.2, 0) is 11.2 Å². The van der Waals surface area contributed by atoms with Gasteiger partial charge in [0.2, 0.25) is 0 Å². The van der Waals surface area contributed by atoms with Crippen molar-refractivity contribution in [2.24, 2.45) is 0 Å². The van der Waals surface area contributed by atoms with E-state index in [0.717, 1.165) is 21.7 Å². The van der Waals surface area contributed by atoms with Crippen LogP contribution in [0.2, 0.25) is 0 Å². The minimum absolute atomic E-state index is 0.0198. The highest BCUT2D eigenvalue weighted by Crippen LogP contribution is 2.26. The van der Waals surface area contributed by atoms with Gasteiger partial charge in [0, 0.05) is 20.8 Å². The Balaban J connectivity index is 2.13. The molecule has 0 aliphatic rings. The SMILES string of the molecule is CC(C)(C)c1cc(N)nc(CSc2ccc(Br)cc2)n1. The quantitative estimate of drug-likeness (QED) is 0.832. The highest BCUT2D eigenvalue weighted by atomic mass is 79.9. The average molecular weight is 352 g/mol. The Hall–Kier alpha value is -1.07. The first kappa shape index (κ1) is 15.3. The largest absolute Gasteiger partial charge is 0.384 e. The Bertz CT molecular complexity index is 591. The van der Waals surface area contributed by atoms with Gasteiger partial charge in [-0.2, -0.15) is 0 Å². The standard InChI is InChI=1S/C15H18BrN3S/c1-15(2,3)12-8-13(17)19-14(18-12)9-20-11-6-4-10(16)5-7-11/h4-8H,9H2,1-3H3,(H2,17,18,19). The number of anilines is 1. The van der Waals surface area contributed by atoms with Crippen LogP contribution in [0.5, 0.6) is 0 Å². The summed E-state index contributed by atoms with van der Waals surface area (Å²) in [7, 11) is 0. The third-order valence-corrected chi connectivity index (χ3v) is 4.28. The number of aromatic nitrogens is 2. The summed E-state index contributed by atoms with van der Waals surface area (Å²) in [5, 5.41) is 0. The minimum atomic E-state index is -0.0198. The first-order valence-corrected chi connectivity index (χ1v) is 8.15. The second-order valence-corrected chi connectivity index (χ2v) is 7.55. The molecule has 0 bridgehead atoms. The first-order valence-electron chi connectivity index (χ1n) is 6.37. The Kier molecular flexibility index (Phi) is 4.70. The molecule has 0 aliphatic carbocycles. The van der Waals surface area contributed by atoms with Gasteiger partial charge in [-0.1, -0.05) is 36.7 Å². The molecule has 1 aromatic heterocycles. The predicted molar refractivity (Wildman–Crippen MR) is 88.8 cm³/mol. The van der Waals surface area contributed by atoms with Gasteiger partial charge < -0.3 is 5.73 Å². The van der Waals surface area contributed by atoms with Crippen LogP contribution in [0.15, 0.2) is 39.7 Å². The number of halogens is 1. The minimum Gasteiger partial charge on any atom is -0.384 e. The summed E-state index contributed by atoms with van der Waals surface area (Å²) >= 11 is 5.14. The van der Waals surface area contributed by atoms with Crippen molar-refractivity contribution in [3.8, 4) is 0 Å². The predicted octanol–water partition coefficient (Wildman–Crippen LogP) is 4.41. The maximum Gasteiger partial charge on any atom is 0.141 e. The lowest BCUT2D eigenvalue weighted by atomic mass is 9.92. The maximum atomic E-state index is 5.88. The van der Waals surface area contributed by atoms with E-state index in [9.17, 15) is 0 Å². The van der Waals surface area contributed by atoms with Crippen molar-refractivity contribution in [3.63, 3.8) is 0 Å². The van der Waals surface area contributed by atoms with E-state index in [1.54, 1.807) is 11.8 Å². The molecule has 5 heteroatoms. The van der Waals surface area contributed by atoms with Crippen LogP contribution >= 0.6 is 27.7 Å². The third kappa shape index (κ3) is 4.21. The van der Waals surface area contributed by atoms with Gasteiger partial charge in [0.25, 0.3) is 0 Å². The molecule has 20 heavy (non-hydrogen) atoms. The second kappa shape index (κ2) is 6.14. The monoisotopic (exact) mass is 351 g/mol. The summed E-state index contributed by atoms with van der Waals surface area (Å²) in [6.07, 6.45) is 0. The fraction of sp³-hybridized carbons (Fsp3) is 0.333. The average Bonchev–Trinajstić information content (AvgIpc) is 2.36. The Morgan fingerprint density at radius 3 is 2.40 bits per heavy atom. The van der Waals surface area contributed by atoms with Crippen molar-refractivity contribution >= 4 is 33.5 Å². The van der Waals surface area contributed by atoms with E-state index in [0.29, 0.717) is 5.82 Å². The number of nitrogens with two attached hydrogens (primary N) is 1. The highest BCUT2D eigenvalue weighted by molar-refractivity contribution is 9.10. The molecule has 0 radical (unpaired) electrons. The van der Waals surface area contributed by atoms with Crippen molar-refractivity contribution < 1.29 is 0 Å². The Morgan fingerprint density at radius 2 is 1.80 bits per heavy atom. The molecule has 1 heterocycles. The molecule has 0 saturated heterocycles. The van der Waals surface area contributed by atoms with Crippen molar-refractivity contribution in [2.75, 3.05) is 5.73 Å². The number of benzene rings is 1. The normalized spacial score (nSPS) is 11.6. The van der Waals surface area contributed by atoms with Gasteiger partial charge in [-0.3, -0.25) is 0 Å². The van der Waals surface area contributed by atoms with Gasteiger partial charge >= 0.3 is 0 Å². The third-order valence-electron chi connectivity index (χ3n) is 2.74. The number of rotatable bonds is 3. The highest BCUT2D eigenvalue weighted by Gasteiger charge is 2.17. The molecule has 2 aromatic rings. The lowest BCUT2D eigenvalue weighted by Gasteiger charge is -2.18.